The molecule has 0 amide bonds. The van der Waals surface area contributed by atoms with Crippen LogP contribution >= 0.6 is 0 Å². The third-order valence-electron chi connectivity index (χ3n) is 3.36. The highest BCUT2D eigenvalue weighted by Crippen LogP contribution is 2.29. The van der Waals surface area contributed by atoms with Gasteiger partial charge < -0.3 is 4.90 Å². The highest BCUT2D eigenvalue weighted by Gasteiger charge is 2.24. The predicted molar refractivity (Wildman–Crippen MR) is 66.4 cm³/mol. The molecule has 1 aliphatic rings. The second-order valence-electron chi connectivity index (χ2n) is 4.43. The SMILES string of the molecule is CCc1cccc(C)c1N1CCC(ON)C1. The summed E-state index contributed by atoms with van der Waals surface area (Å²) >= 11 is 0. The number of hydrogen-bond donors (Lipinski definition) is 1. The molecule has 1 aromatic carbocycles. The fraction of sp³-hybridized carbons (Fsp3) is 0.538. The number of nitrogens with two attached hydrogens (primary N) is 1. The van der Waals surface area contributed by atoms with Gasteiger partial charge in [0.25, 0.3) is 0 Å². The zero-order valence-corrected chi connectivity index (χ0v) is 10.1. The molecule has 1 heterocycles. The van der Waals surface area contributed by atoms with Gasteiger partial charge in [-0.25, -0.2) is 5.90 Å². The van der Waals surface area contributed by atoms with Crippen molar-refractivity contribution >= 4 is 5.69 Å². The van der Waals surface area contributed by atoms with E-state index in [1.165, 1.54) is 16.8 Å². The van der Waals surface area contributed by atoms with Gasteiger partial charge in [-0.1, -0.05) is 25.1 Å². The molecule has 0 aliphatic carbocycles. The molecule has 16 heavy (non-hydrogen) atoms. The first-order valence-electron chi connectivity index (χ1n) is 5.95. The number of aryl methyl sites for hydroxylation is 2. The van der Waals surface area contributed by atoms with Gasteiger partial charge in [-0.3, -0.25) is 4.84 Å². The zero-order valence-electron chi connectivity index (χ0n) is 10.1. The molecule has 0 spiro atoms. The van der Waals surface area contributed by atoms with Crippen LogP contribution in [-0.4, -0.2) is 19.2 Å². The first-order valence-corrected chi connectivity index (χ1v) is 5.95. The van der Waals surface area contributed by atoms with E-state index in [4.69, 9.17) is 10.7 Å². The van der Waals surface area contributed by atoms with Gasteiger partial charge in [-0.05, 0) is 30.9 Å². The van der Waals surface area contributed by atoms with Crippen LogP contribution in [0.5, 0.6) is 0 Å². The van der Waals surface area contributed by atoms with Crippen LogP contribution in [0.15, 0.2) is 18.2 Å². The lowest BCUT2D eigenvalue weighted by Gasteiger charge is -2.23. The molecule has 0 saturated carbocycles. The topological polar surface area (TPSA) is 38.5 Å². The van der Waals surface area contributed by atoms with E-state index in [0.717, 1.165) is 25.9 Å². The van der Waals surface area contributed by atoms with E-state index >= 15 is 0 Å². The Hall–Kier alpha value is -1.06. The van der Waals surface area contributed by atoms with Crippen molar-refractivity contribution in [2.24, 2.45) is 5.90 Å². The number of para-hydroxylation sites is 1. The van der Waals surface area contributed by atoms with Crippen molar-refractivity contribution in [1.29, 1.82) is 0 Å². The maximum Gasteiger partial charge on any atom is 0.0978 e. The van der Waals surface area contributed by atoms with Crippen LogP contribution in [-0.2, 0) is 11.3 Å². The van der Waals surface area contributed by atoms with E-state index in [2.05, 4.69) is 36.9 Å². The van der Waals surface area contributed by atoms with E-state index in [9.17, 15) is 0 Å². The van der Waals surface area contributed by atoms with E-state index in [0.29, 0.717) is 0 Å². The third kappa shape index (κ3) is 2.06. The van der Waals surface area contributed by atoms with Crippen molar-refractivity contribution in [2.45, 2.75) is 32.8 Å². The second-order valence-corrected chi connectivity index (χ2v) is 4.43. The average molecular weight is 220 g/mol. The fourth-order valence-electron chi connectivity index (χ4n) is 2.50. The van der Waals surface area contributed by atoms with Crippen LogP contribution in [0.4, 0.5) is 5.69 Å². The van der Waals surface area contributed by atoms with Crippen molar-refractivity contribution in [3.63, 3.8) is 0 Å². The number of anilines is 1. The van der Waals surface area contributed by atoms with Crippen molar-refractivity contribution < 1.29 is 4.84 Å². The summed E-state index contributed by atoms with van der Waals surface area (Å²) in [5.74, 6) is 5.26. The van der Waals surface area contributed by atoms with Gasteiger partial charge in [0.2, 0.25) is 0 Å². The minimum atomic E-state index is 0.185. The lowest BCUT2D eigenvalue weighted by molar-refractivity contribution is 0.0690. The van der Waals surface area contributed by atoms with Crippen molar-refractivity contribution in [1.82, 2.24) is 0 Å². The maximum atomic E-state index is 5.26. The van der Waals surface area contributed by atoms with E-state index in [1.807, 2.05) is 0 Å². The Morgan fingerprint density at radius 2 is 2.31 bits per heavy atom. The van der Waals surface area contributed by atoms with Gasteiger partial charge in [0, 0.05) is 18.8 Å². The number of rotatable bonds is 3. The molecule has 2 N–H and O–H groups in total. The molecule has 0 bridgehead atoms. The smallest absolute Gasteiger partial charge is 0.0978 e. The number of hydrogen-bond acceptors (Lipinski definition) is 3. The Morgan fingerprint density at radius 1 is 1.50 bits per heavy atom. The van der Waals surface area contributed by atoms with Crippen molar-refractivity contribution in [2.75, 3.05) is 18.0 Å². The molecule has 0 radical (unpaired) electrons. The Labute approximate surface area is 97.1 Å². The molecule has 3 nitrogen and oxygen atoms in total. The molecule has 1 unspecified atom stereocenters. The largest absolute Gasteiger partial charge is 0.368 e. The molecule has 1 aliphatic heterocycles. The maximum absolute atomic E-state index is 5.26. The van der Waals surface area contributed by atoms with Crippen molar-refractivity contribution in [3.8, 4) is 0 Å². The molecule has 0 aromatic heterocycles. The quantitative estimate of drug-likeness (QED) is 0.792. The minimum Gasteiger partial charge on any atom is -0.368 e. The summed E-state index contributed by atoms with van der Waals surface area (Å²) < 4.78 is 0. The van der Waals surface area contributed by atoms with Gasteiger partial charge in [-0.15, -0.1) is 0 Å². The normalized spacial score (nSPS) is 20.4. The average Bonchev–Trinajstić information content (AvgIpc) is 2.76. The Balaban J connectivity index is 2.26. The van der Waals surface area contributed by atoms with Gasteiger partial charge in [-0.2, -0.15) is 0 Å². The molecular formula is C13H20N2O. The van der Waals surface area contributed by atoms with Gasteiger partial charge in [0.05, 0.1) is 6.10 Å². The van der Waals surface area contributed by atoms with E-state index in [1.54, 1.807) is 0 Å². The second kappa shape index (κ2) is 4.85. The Bertz CT molecular complexity index is 365. The molecule has 3 heteroatoms. The number of benzene rings is 1. The lowest BCUT2D eigenvalue weighted by Crippen LogP contribution is -2.25. The first-order chi connectivity index (χ1) is 7.76. The summed E-state index contributed by atoms with van der Waals surface area (Å²) in [5.41, 5.74) is 4.14. The Kier molecular flexibility index (Phi) is 3.46. The fourth-order valence-corrected chi connectivity index (χ4v) is 2.50. The molecular weight excluding hydrogens is 200 g/mol. The summed E-state index contributed by atoms with van der Waals surface area (Å²) in [4.78, 5) is 7.33. The van der Waals surface area contributed by atoms with Crippen LogP contribution in [0.3, 0.4) is 0 Å². The molecule has 1 atom stereocenters. The van der Waals surface area contributed by atoms with Crippen molar-refractivity contribution in [3.05, 3.63) is 29.3 Å². The molecule has 88 valence electrons. The van der Waals surface area contributed by atoms with Gasteiger partial charge in [0.15, 0.2) is 0 Å². The summed E-state index contributed by atoms with van der Waals surface area (Å²) in [7, 11) is 0. The van der Waals surface area contributed by atoms with Crippen LogP contribution in [0, 0.1) is 6.92 Å². The highest BCUT2D eigenvalue weighted by molar-refractivity contribution is 5.60. The summed E-state index contributed by atoms with van der Waals surface area (Å²) in [6, 6.07) is 6.51. The summed E-state index contributed by atoms with van der Waals surface area (Å²) in [5, 5.41) is 0. The Morgan fingerprint density at radius 3 is 2.94 bits per heavy atom. The molecule has 2 rings (SSSR count). The van der Waals surface area contributed by atoms with Gasteiger partial charge >= 0.3 is 0 Å². The van der Waals surface area contributed by atoms with Crippen LogP contribution < -0.4 is 10.8 Å². The zero-order chi connectivity index (χ0) is 11.5. The number of nitrogens with zero attached hydrogens (tertiary/aromatic N) is 1. The molecule has 1 aromatic rings. The summed E-state index contributed by atoms with van der Waals surface area (Å²) in [6.07, 6.45) is 2.28. The predicted octanol–water partition coefficient (Wildman–Crippen LogP) is 2.03. The standard InChI is InChI=1S/C13H20N2O/c1-3-11-6-4-5-10(2)13(11)15-8-7-12(9-15)16-14/h4-6,12H,3,7-9,14H2,1-2H3. The van der Waals surface area contributed by atoms with E-state index < -0.39 is 0 Å². The van der Waals surface area contributed by atoms with Crippen LogP contribution in [0.25, 0.3) is 0 Å². The summed E-state index contributed by atoms with van der Waals surface area (Å²) in [6.45, 7) is 6.32. The highest BCUT2D eigenvalue weighted by atomic mass is 16.6. The van der Waals surface area contributed by atoms with E-state index in [-0.39, 0.29) is 6.10 Å². The molecule has 1 saturated heterocycles. The minimum absolute atomic E-state index is 0.185. The first kappa shape index (κ1) is 11.4. The van der Waals surface area contributed by atoms with Gasteiger partial charge in [0.1, 0.15) is 0 Å². The monoisotopic (exact) mass is 220 g/mol. The van der Waals surface area contributed by atoms with Crippen LogP contribution in [0.1, 0.15) is 24.5 Å². The molecule has 1 fully saturated rings. The third-order valence-corrected chi connectivity index (χ3v) is 3.36. The lowest BCUT2D eigenvalue weighted by atomic mass is 10.0. The van der Waals surface area contributed by atoms with Crippen LogP contribution in [0.2, 0.25) is 0 Å².